The largest absolute Gasteiger partial charge is 0.481 e. The molecule has 0 spiro atoms. The summed E-state index contributed by atoms with van der Waals surface area (Å²) in [7, 11) is 0. The summed E-state index contributed by atoms with van der Waals surface area (Å²) >= 11 is 1.64. The molecule has 22 heavy (non-hydrogen) atoms. The summed E-state index contributed by atoms with van der Waals surface area (Å²) in [6.07, 6.45) is 1.33. The first-order valence-corrected chi connectivity index (χ1v) is 8.34. The van der Waals surface area contributed by atoms with Gasteiger partial charge in [-0.15, -0.1) is 0 Å². The average molecular weight is 319 g/mol. The van der Waals surface area contributed by atoms with Crippen LogP contribution in [0.3, 0.4) is 0 Å². The molecule has 1 aromatic carbocycles. The number of carbonyl (C=O) groups is 1. The molecule has 5 heteroatoms. The van der Waals surface area contributed by atoms with Gasteiger partial charge in [0.25, 0.3) is 0 Å². The number of carboxylic acids is 1. The van der Waals surface area contributed by atoms with Crippen LogP contribution in [0.15, 0.2) is 41.1 Å². The first kappa shape index (κ1) is 15.2. The normalized spacial score (nSPS) is 18.2. The number of hydrogen-bond donors (Lipinski definition) is 1. The zero-order chi connectivity index (χ0) is 15.5. The standard InChI is InChI=1S/C17H18FNO2S/c18-15-3-1-12(2-4-15)16(14-7-10-22-11-14)19-8-5-13(6-9-19)17(20)21/h1-4,7,10-11,13,16H,5-6,8-9H2,(H,20,21). The van der Waals surface area contributed by atoms with Crippen LogP contribution in [0.5, 0.6) is 0 Å². The number of thiophene rings is 1. The highest BCUT2D eigenvalue weighted by atomic mass is 32.1. The zero-order valence-corrected chi connectivity index (χ0v) is 12.9. The lowest BCUT2D eigenvalue weighted by Crippen LogP contribution is -2.39. The molecule has 0 saturated carbocycles. The van der Waals surface area contributed by atoms with E-state index in [1.165, 1.54) is 17.7 Å². The Bertz CT molecular complexity index is 619. The Morgan fingerprint density at radius 2 is 1.86 bits per heavy atom. The molecule has 1 fully saturated rings. The van der Waals surface area contributed by atoms with E-state index < -0.39 is 5.97 Å². The van der Waals surface area contributed by atoms with Gasteiger partial charge in [-0.3, -0.25) is 9.69 Å². The average Bonchev–Trinajstić information content (AvgIpc) is 3.04. The van der Waals surface area contributed by atoms with Crippen LogP contribution >= 0.6 is 11.3 Å². The molecule has 1 aliphatic rings. The number of hydrogen-bond acceptors (Lipinski definition) is 3. The lowest BCUT2D eigenvalue weighted by molar-refractivity contribution is -0.143. The van der Waals surface area contributed by atoms with Gasteiger partial charge in [0, 0.05) is 0 Å². The first-order valence-electron chi connectivity index (χ1n) is 7.39. The first-order chi connectivity index (χ1) is 10.6. The molecule has 0 bridgehead atoms. The molecular formula is C17H18FNO2S. The van der Waals surface area contributed by atoms with Crippen molar-refractivity contribution in [3.05, 3.63) is 58.0 Å². The summed E-state index contributed by atoms with van der Waals surface area (Å²) in [4.78, 5) is 13.4. The SMILES string of the molecule is O=C(O)C1CCN(C(c2ccc(F)cc2)c2ccsc2)CC1. The topological polar surface area (TPSA) is 40.5 Å². The van der Waals surface area contributed by atoms with Gasteiger partial charge in [-0.05, 0) is 66.0 Å². The monoisotopic (exact) mass is 319 g/mol. The Hall–Kier alpha value is -1.72. The molecule has 0 aliphatic carbocycles. The van der Waals surface area contributed by atoms with E-state index in [0.29, 0.717) is 12.8 Å². The van der Waals surface area contributed by atoms with E-state index in [1.54, 1.807) is 11.3 Å². The van der Waals surface area contributed by atoms with Gasteiger partial charge in [-0.2, -0.15) is 11.3 Å². The fourth-order valence-corrected chi connectivity index (χ4v) is 3.77. The van der Waals surface area contributed by atoms with Crippen LogP contribution < -0.4 is 0 Å². The summed E-state index contributed by atoms with van der Waals surface area (Å²) in [6, 6.07) is 8.77. The second-order valence-corrected chi connectivity index (χ2v) is 6.44. The van der Waals surface area contributed by atoms with E-state index >= 15 is 0 Å². The molecule has 116 valence electrons. The van der Waals surface area contributed by atoms with Gasteiger partial charge in [-0.1, -0.05) is 12.1 Å². The van der Waals surface area contributed by atoms with E-state index in [0.717, 1.165) is 18.7 Å². The van der Waals surface area contributed by atoms with Gasteiger partial charge in [-0.25, -0.2) is 4.39 Å². The van der Waals surface area contributed by atoms with Crippen molar-refractivity contribution in [1.29, 1.82) is 0 Å². The zero-order valence-electron chi connectivity index (χ0n) is 12.1. The predicted octanol–water partition coefficient (Wildman–Crippen LogP) is 3.77. The lowest BCUT2D eigenvalue weighted by Gasteiger charge is -2.36. The van der Waals surface area contributed by atoms with Crippen LogP contribution in [0.1, 0.15) is 30.0 Å². The Labute approximate surface area is 133 Å². The van der Waals surface area contributed by atoms with E-state index in [-0.39, 0.29) is 17.8 Å². The van der Waals surface area contributed by atoms with Crippen molar-refractivity contribution in [2.75, 3.05) is 13.1 Å². The third-order valence-electron chi connectivity index (χ3n) is 4.29. The van der Waals surface area contributed by atoms with Crippen molar-refractivity contribution in [1.82, 2.24) is 4.90 Å². The lowest BCUT2D eigenvalue weighted by atomic mass is 9.92. The molecule has 1 unspecified atom stereocenters. The Morgan fingerprint density at radius 1 is 1.18 bits per heavy atom. The van der Waals surface area contributed by atoms with Gasteiger partial charge in [0.05, 0.1) is 12.0 Å². The minimum Gasteiger partial charge on any atom is -0.481 e. The van der Waals surface area contributed by atoms with E-state index in [4.69, 9.17) is 5.11 Å². The number of carboxylic acid groups (broad SMARTS) is 1. The van der Waals surface area contributed by atoms with Crippen molar-refractivity contribution in [3.63, 3.8) is 0 Å². The number of piperidine rings is 1. The predicted molar refractivity (Wildman–Crippen MR) is 84.5 cm³/mol. The molecule has 1 saturated heterocycles. The summed E-state index contributed by atoms with van der Waals surface area (Å²) in [5, 5.41) is 13.3. The van der Waals surface area contributed by atoms with Crippen LogP contribution in [0.2, 0.25) is 0 Å². The molecule has 0 radical (unpaired) electrons. The molecule has 1 N–H and O–H groups in total. The summed E-state index contributed by atoms with van der Waals surface area (Å²) in [5.41, 5.74) is 2.24. The van der Waals surface area contributed by atoms with Crippen LogP contribution in [-0.4, -0.2) is 29.1 Å². The number of aliphatic carboxylic acids is 1. The third kappa shape index (κ3) is 3.20. The van der Waals surface area contributed by atoms with Crippen molar-refractivity contribution in [2.24, 2.45) is 5.92 Å². The maximum atomic E-state index is 13.2. The number of nitrogens with zero attached hydrogens (tertiary/aromatic N) is 1. The minimum absolute atomic E-state index is 0.0709. The van der Waals surface area contributed by atoms with Crippen molar-refractivity contribution < 1.29 is 14.3 Å². The number of rotatable bonds is 4. The fourth-order valence-electron chi connectivity index (χ4n) is 3.09. The maximum absolute atomic E-state index is 13.2. The van der Waals surface area contributed by atoms with Gasteiger partial charge >= 0.3 is 5.97 Å². The molecule has 1 aromatic heterocycles. The Kier molecular flexibility index (Phi) is 4.55. The molecule has 3 nitrogen and oxygen atoms in total. The molecule has 1 atom stereocenters. The highest BCUT2D eigenvalue weighted by Gasteiger charge is 2.30. The summed E-state index contributed by atoms with van der Waals surface area (Å²) < 4.78 is 13.2. The van der Waals surface area contributed by atoms with Gasteiger partial charge in [0.2, 0.25) is 0 Å². The van der Waals surface area contributed by atoms with Gasteiger partial charge in [0.1, 0.15) is 5.82 Å². The van der Waals surface area contributed by atoms with Crippen LogP contribution in [-0.2, 0) is 4.79 Å². The van der Waals surface area contributed by atoms with Crippen LogP contribution in [0, 0.1) is 11.7 Å². The summed E-state index contributed by atoms with van der Waals surface area (Å²) in [6.45, 7) is 1.49. The quantitative estimate of drug-likeness (QED) is 0.932. The van der Waals surface area contributed by atoms with Crippen molar-refractivity contribution >= 4 is 17.3 Å². The number of benzene rings is 1. The van der Waals surface area contributed by atoms with Crippen molar-refractivity contribution in [3.8, 4) is 0 Å². The molecule has 1 aliphatic heterocycles. The number of likely N-dealkylation sites (tertiary alicyclic amines) is 1. The molecular weight excluding hydrogens is 301 g/mol. The van der Waals surface area contributed by atoms with Crippen molar-refractivity contribution in [2.45, 2.75) is 18.9 Å². The Balaban J connectivity index is 1.84. The minimum atomic E-state index is -0.700. The Morgan fingerprint density at radius 3 is 2.41 bits per heavy atom. The number of halogens is 1. The smallest absolute Gasteiger partial charge is 0.306 e. The molecule has 0 amide bonds. The van der Waals surface area contributed by atoms with Crippen LogP contribution in [0.4, 0.5) is 4.39 Å². The van der Waals surface area contributed by atoms with Gasteiger partial charge in [0.15, 0.2) is 0 Å². The maximum Gasteiger partial charge on any atom is 0.306 e. The molecule has 3 rings (SSSR count). The van der Waals surface area contributed by atoms with Gasteiger partial charge < -0.3 is 5.11 Å². The highest BCUT2D eigenvalue weighted by Crippen LogP contribution is 2.33. The van der Waals surface area contributed by atoms with E-state index in [9.17, 15) is 9.18 Å². The highest BCUT2D eigenvalue weighted by molar-refractivity contribution is 7.08. The van der Waals surface area contributed by atoms with E-state index in [1.807, 2.05) is 17.5 Å². The summed E-state index contributed by atoms with van der Waals surface area (Å²) in [5.74, 6) is -1.18. The van der Waals surface area contributed by atoms with Crippen LogP contribution in [0.25, 0.3) is 0 Å². The second-order valence-electron chi connectivity index (χ2n) is 5.66. The fraction of sp³-hybridized carbons (Fsp3) is 0.353. The molecule has 2 aromatic rings. The van der Waals surface area contributed by atoms with E-state index in [2.05, 4.69) is 16.3 Å². The second kappa shape index (κ2) is 6.58. The third-order valence-corrected chi connectivity index (χ3v) is 4.99. The molecule has 2 heterocycles.